The molecule has 1 aromatic heterocycles. The van der Waals surface area contributed by atoms with Gasteiger partial charge in [-0.3, -0.25) is 9.59 Å². The van der Waals surface area contributed by atoms with Crippen LogP contribution < -0.4 is 16.2 Å². The van der Waals surface area contributed by atoms with Gasteiger partial charge in [-0.05, 0) is 114 Å². The number of hydrogen-bond donors (Lipinski definition) is 6. The van der Waals surface area contributed by atoms with Crippen LogP contribution in [0.4, 0.5) is 0 Å². The zero-order valence-corrected chi connectivity index (χ0v) is 32.1. The third kappa shape index (κ3) is 8.48. The molecule has 3 aliphatic carbocycles. The van der Waals surface area contributed by atoms with Crippen molar-refractivity contribution in [2.75, 3.05) is 6.61 Å². The number of carbonyl (C=O) groups excluding carboxylic acids is 2. The van der Waals surface area contributed by atoms with Crippen LogP contribution in [0.25, 0.3) is 0 Å². The summed E-state index contributed by atoms with van der Waals surface area (Å²) in [5, 5.41) is 32.5. The first-order valence-electron chi connectivity index (χ1n) is 20.0. The topological polar surface area (TPSA) is 172 Å². The number of phenols is 2. The normalized spacial score (nSPS) is 23.1. The number of aliphatic hydroxyl groups is 1. The minimum atomic E-state index is -0.690. The average Bonchev–Trinajstić information content (AvgIpc) is 3.76. The van der Waals surface area contributed by atoms with Gasteiger partial charge in [0.25, 0.3) is 0 Å². The summed E-state index contributed by atoms with van der Waals surface area (Å²) in [4.78, 5) is 30.0. The van der Waals surface area contributed by atoms with Crippen LogP contribution >= 0.6 is 0 Å². The number of carbonyl (C=O) groups is 2. The zero-order valence-electron chi connectivity index (χ0n) is 32.1. The molecular formula is C47H53N3O6. The number of rotatable bonds is 13. The summed E-state index contributed by atoms with van der Waals surface area (Å²) in [6.45, 7) is 2.45. The van der Waals surface area contributed by atoms with Crippen molar-refractivity contribution in [1.82, 2.24) is 4.98 Å². The molecule has 2 fully saturated rings. The Kier molecular flexibility index (Phi) is 11.8. The van der Waals surface area contributed by atoms with Crippen molar-refractivity contribution in [2.24, 2.45) is 28.7 Å². The molecule has 2 saturated carbocycles. The maximum atomic E-state index is 13.7. The van der Waals surface area contributed by atoms with E-state index in [0.29, 0.717) is 60.0 Å². The Labute approximate surface area is 329 Å². The van der Waals surface area contributed by atoms with E-state index >= 15 is 0 Å². The molecule has 0 amide bonds. The molecule has 292 valence electrons. The number of nitrogens with one attached hydrogen (secondary N) is 1. The zero-order chi connectivity index (χ0) is 39.4. The maximum Gasteiger partial charge on any atom is 0.165 e. The molecule has 4 aromatic rings. The van der Waals surface area contributed by atoms with Gasteiger partial charge in [-0.25, -0.2) is 0 Å². The molecule has 5 atom stereocenters. The Morgan fingerprint density at radius 2 is 1.80 bits per heavy atom. The number of hydrogen-bond acceptors (Lipinski definition) is 8. The minimum Gasteiger partial charge on any atom is -0.508 e. The smallest absolute Gasteiger partial charge is 0.165 e. The molecule has 0 radical (unpaired) electrons. The summed E-state index contributed by atoms with van der Waals surface area (Å²) in [6, 6.07) is 17.9. The van der Waals surface area contributed by atoms with E-state index in [1.54, 1.807) is 36.5 Å². The summed E-state index contributed by atoms with van der Waals surface area (Å²) in [7, 11) is 0. The first-order valence-corrected chi connectivity index (χ1v) is 20.0. The fraction of sp³-hybridized carbons (Fsp3) is 0.404. The van der Waals surface area contributed by atoms with E-state index in [1.165, 1.54) is 0 Å². The quantitative estimate of drug-likeness (QED) is 0.0469. The molecule has 0 spiro atoms. The van der Waals surface area contributed by atoms with E-state index in [1.807, 2.05) is 36.4 Å². The number of ketones is 2. The van der Waals surface area contributed by atoms with Crippen LogP contribution in [0.15, 0.2) is 79.0 Å². The number of benzene rings is 3. The van der Waals surface area contributed by atoms with Crippen molar-refractivity contribution in [3.63, 3.8) is 0 Å². The number of aryl methyl sites for hydroxylation is 1. The van der Waals surface area contributed by atoms with Crippen molar-refractivity contribution < 1.29 is 29.6 Å². The second-order valence-electron chi connectivity index (χ2n) is 16.0. The highest BCUT2D eigenvalue weighted by Gasteiger charge is 2.50. The molecule has 0 unspecified atom stereocenters. The van der Waals surface area contributed by atoms with Gasteiger partial charge in [0.15, 0.2) is 23.1 Å². The minimum absolute atomic E-state index is 0.0116. The first-order chi connectivity index (χ1) is 27.0. The maximum absolute atomic E-state index is 13.7. The molecule has 8 N–H and O–H groups in total. The molecule has 0 saturated heterocycles. The predicted molar refractivity (Wildman–Crippen MR) is 216 cm³/mol. The molecule has 2 bridgehead atoms. The van der Waals surface area contributed by atoms with E-state index < -0.39 is 12.1 Å². The Hall–Kier alpha value is -5.14. The number of nitrogens with two attached hydrogens (primary N) is 2. The van der Waals surface area contributed by atoms with Crippen molar-refractivity contribution in [2.45, 2.75) is 95.7 Å². The van der Waals surface area contributed by atoms with Gasteiger partial charge in [0.1, 0.15) is 5.75 Å². The number of Topliss-reactive ketones (excluding diaryl/α,β-unsaturated/α-hetero) is 1. The predicted octanol–water partition coefficient (Wildman–Crippen LogP) is 7.30. The summed E-state index contributed by atoms with van der Waals surface area (Å²) in [5.41, 5.74) is 17.9. The van der Waals surface area contributed by atoms with Gasteiger partial charge >= 0.3 is 0 Å². The standard InChI is InChI=1S/C47H53N3O6/c1-2-4-34-12-10-33-27-47(34,28-44(33)55)20-17-35(51)13-7-29-9-16-42(53)45(24-29)56-22-19-30-8-15-41(52)39(23-30)38-26-43(54)37-18-21-50-40(37)6-3-5-31-25-32(46(48)49)11-14-36(31)38/h8-9,11,14-18,20-21,23-25,33-34,38,44,46,50,52-53,55H,2,4,6-7,10,12-13,19,22,26-28,48-49H2,1H3/b20-17+/t33-,34-,38+,44+,47+/m0/s1. The molecular weight excluding hydrogens is 703 g/mol. The Morgan fingerprint density at radius 3 is 2.61 bits per heavy atom. The molecule has 3 aromatic carbocycles. The lowest BCUT2D eigenvalue weighted by molar-refractivity contribution is -0.114. The van der Waals surface area contributed by atoms with Crippen LogP contribution in [0.1, 0.15) is 120 Å². The van der Waals surface area contributed by atoms with E-state index in [-0.39, 0.29) is 47.6 Å². The van der Waals surface area contributed by atoms with E-state index in [2.05, 4.69) is 29.8 Å². The molecule has 56 heavy (non-hydrogen) atoms. The fourth-order valence-electron chi connectivity index (χ4n) is 9.32. The third-order valence-electron chi connectivity index (χ3n) is 12.4. The van der Waals surface area contributed by atoms with Crippen LogP contribution in [0.5, 0.6) is 17.2 Å². The highest BCUT2D eigenvalue weighted by Crippen LogP contribution is 2.57. The van der Waals surface area contributed by atoms with Gasteiger partial charge in [-0.2, -0.15) is 0 Å². The Balaban J connectivity index is 1.03. The lowest BCUT2D eigenvalue weighted by Gasteiger charge is -2.39. The monoisotopic (exact) mass is 755 g/mol. The van der Waals surface area contributed by atoms with Crippen LogP contribution in [0, 0.1) is 29.1 Å². The van der Waals surface area contributed by atoms with Crippen molar-refractivity contribution >= 4 is 11.6 Å². The van der Waals surface area contributed by atoms with Crippen LogP contribution in [-0.4, -0.2) is 44.6 Å². The van der Waals surface area contributed by atoms with Gasteiger partial charge in [0.2, 0.25) is 0 Å². The van der Waals surface area contributed by atoms with Crippen LogP contribution in [-0.2, 0) is 24.1 Å². The van der Waals surface area contributed by atoms with Crippen LogP contribution in [0.2, 0.25) is 0 Å². The van der Waals surface area contributed by atoms with E-state index in [0.717, 1.165) is 66.5 Å². The average molecular weight is 756 g/mol. The number of H-pyrrole nitrogens is 1. The number of aliphatic hydroxyl groups excluding tert-OH is 1. The van der Waals surface area contributed by atoms with Gasteiger partial charge in [-0.15, -0.1) is 0 Å². The largest absolute Gasteiger partial charge is 0.508 e. The highest BCUT2D eigenvalue weighted by atomic mass is 16.5. The summed E-state index contributed by atoms with van der Waals surface area (Å²) >= 11 is 0. The van der Waals surface area contributed by atoms with E-state index in [4.69, 9.17) is 16.2 Å². The number of ether oxygens (including phenoxy) is 1. The number of fused-ring (bicyclic) bond motifs is 4. The number of phenolic OH excluding ortho intramolecular Hbond substituents is 2. The molecule has 9 nitrogen and oxygen atoms in total. The molecule has 3 aliphatic rings. The van der Waals surface area contributed by atoms with Gasteiger partial charge in [0, 0.05) is 53.8 Å². The summed E-state index contributed by atoms with van der Waals surface area (Å²) in [5.74, 6) is 7.22. The van der Waals surface area contributed by atoms with Crippen LogP contribution in [0.3, 0.4) is 0 Å². The second-order valence-corrected chi connectivity index (χ2v) is 16.0. The summed E-state index contributed by atoms with van der Waals surface area (Å²) < 4.78 is 6.08. The Bertz CT molecular complexity index is 2170. The number of aromatic nitrogens is 1. The SMILES string of the molecule is CCC[C@H]1CC[C@H]2C[C@]1(/C=C/C(=O)CCc1ccc(O)c(OCCc3ccc(O)c([C@@H]4CC(=O)c5cc[nH]c5CC#Cc5cc(C(N)N)ccc54)c3)c1)C[C@H]2O. The van der Waals surface area contributed by atoms with Gasteiger partial charge < -0.3 is 36.5 Å². The van der Waals surface area contributed by atoms with Gasteiger partial charge in [-0.1, -0.05) is 61.6 Å². The second kappa shape index (κ2) is 16.9. The number of allylic oxidation sites excluding steroid dienone is 2. The lowest BCUT2D eigenvalue weighted by atomic mass is 9.66. The number of aromatic hydroxyl groups is 2. The van der Waals surface area contributed by atoms with Gasteiger partial charge in [0.05, 0.1) is 25.3 Å². The van der Waals surface area contributed by atoms with Crippen molar-refractivity contribution in [1.29, 1.82) is 0 Å². The first kappa shape index (κ1) is 39.1. The number of aromatic amines is 1. The molecule has 9 heteroatoms. The molecule has 1 heterocycles. The highest BCUT2D eigenvalue weighted by molar-refractivity contribution is 5.98. The Morgan fingerprint density at radius 1 is 1.00 bits per heavy atom. The molecule has 7 rings (SSSR count). The lowest BCUT2D eigenvalue weighted by Crippen LogP contribution is -2.29. The van der Waals surface area contributed by atoms with Crippen molar-refractivity contribution in [3.05, 3.63) is 124 Å². The third-order valence-corrected chi connectivity index (χ3v) is 12.4. The summed E-state index contributed by atoms with van der Waals surface area (Å²) in [6.07, 6.45) is 12.6. The van der Waals surface area contributed by atoms with Crippen molar-refractivity contribution in [3.8, 4) is 29.1 Å². The fourth-order valence-corrected chi connectivity index (χ4v) is 9.32. The molecule has 0 aliphatic heterocycles. The van der Waals surface area contributed by atoms with E-state index in [9.17, 15) is 24.9 Å².